The molecule has 7 rings (SSSR count). The average molecular weight is 684 g/mol. The van der Waals surface area contributed by atoms with E-state index in [0.717, 1.165) is 10.8 Å². The maximum Gasteiger partial charge on any atom is 0.308 e. The van der Waals surface area contributed by atoms with E-state index in [9.17, 15) is 39.9 Å². The van der Waals surface area contributed by atoms with Crippen LogP contribution in [0.1, 0.15) is 75.6 Å². The molecule has 12 heteroatoms. The third-order valence-corrected chi connectivity index (χ3v) is 9.86. The molecule has 0 aromatic heterocycles. The largest absolute Gasteiger partial charge is 0.507 e. The summed E-state index contributed by atoms with van der Waals surface area (Å²) in [4.78, 5) is 41.7. The van der Waals surface area contributed by atoms with Crippen LogP contribution < -0.4 is 14.8 Å². The lowest BCUT2D eigenvalue weighted by Crippen LogP contribution is -2.58. The zero-order valence-electron chi connectivity index (χ0n) is 27.4. The van der Waals surface area contributed by atoms with Crippen molar-refractivity contribution in [1.29, 1.82) is 0 Å². The lowest BCUT2D eigenvalue weighted by molar-refractivity contribution is -0.268. The summed E-state index contributed by atoms with van der Waals surface area (Å²) in [6.07, 6.45) is -6.00. The van der Waals surface area contributed by atoms with Crippen molar-refractivity contribution in [2.45, 2.75) is 69.9 Å². The predicted octanol–water partition coefficient (Wildman–Crippen LogP) is 3.08. The molecule has 2 aliphatic heterocycles. The number of fused-ring (bicyclic) bond motifs is 3. The van der Waals surface area contributed by atoms with Crippen molar-refractivity contribution in [1.82, 2.24) is 5.32 Å². The van der Waals surface area contributed by atoms with Crippen LogP contribution >= 0.6 is 0 Å². The predicted molar refractivity (Wildman–Crippen MR) is 179 cm³/mol. The van der Waals surface area contributed by atoms with Gasteiger partial charge in [0.05, 0.1) is 18.3 Å². The Morgan fingerprint density at radius 2 is 1.58 bits per heavy atom. The SMILES string of the molecule is CC(=O)Oc1cc(CO)c2c(c1-c1ccc3ccccc3c1)C(=O)c1cc(O[C@H]3O[C@@H](C)[C@@H](O)[C@@H](O)[C@H]3O)c(C3CCNCC3)c(O)c1C2=O. The molecule has 12 nitrogen and oxygen atoms in total. The number of ketones is 2. The van der Waals surface area contributed by atoms with Gasteiger partial charge in [-0.15, -0.1) is 0 Å². The molecule has 50 heavy (non-hydrogen) atoms. The van der Waals surface area contributed by atoms with Gasteiger partial charge in [0.2, 0.25) is 6.29 Å². The van der Waals surface area contributed by atoms with E-state index in [2.05, 4.69) is 5.32 Å². The number of rotatable bonds is 6. The van der Waals surface area contributed by atoms with Gasteiger partial charge in [-0.25, -0.2) is 0 Å². The van der Waals surface area contributed by atoms with Gasteiger partial charge in [0.1, 0.15) is 35.6 Å². The molecule has 0 bridgehead atoms. The smallest absolute Gasteiger partial charge is 0.308 e. The summed E-state index contributed by atoms with van der Waals surface area (Å²) < 4.78 is 17.5. The van der Waals surface area contributed by atoms with Gasteiger partial charge in [0, 0.05) is 34.7 Å². The zero-order valence-corrected chi connectivity index (χ0v) is 27.4. The zero-order chi connectivity index (χ0) is 35.4. The second-order valence-corrected chi connectivity index (χ2v) is 13.0. The molecule has 0 spiro atoms. The summed E-state index contributed by atoms with van der Waals surface area (Å²) >= 11 is 0. The van der Waals surface area contributed by atoms with Crippen LogP contribution in [0.25, 0.3) is 21.9 Å². The van der Waals surface area contributed by atoms with Crippen molar-refractivity contribution in [3.05, 3.63) is 88.0 Å². The fourth-order valence-electron chi connectivity index (χ4n) is 7.36. The van der Waals surface area contributed by atoms with Crippen LogP contribution in [-0.4, -0.2) is 86.9 Å². The molecule has 0 radical (unpaired) electrons. The summed E-state index contributed by atoms with van der Waals surface area (Å²) in [5, 5.41) is 59.0. The quantitative estimate of drug-likeness (QED) is 0.113. The molecule has 260 valence electrons. The second-order valence-electron chi connectivity index (χ2n) is 13.0. The molecule has 3 aliphatic rings. The summed E-state index contributed by atoms with van der Waals surface area (Å²) in [5.41, 5.74) is 0.169. The number of hydrogen-bond acceptors (Lipinski definition) is 12. The van der Waals surface area contributed by atoms with Gasteiger partial charge in [0.25, 0.3) is 0 Å². The van der Waals surface area contributed by atoms with Crippen LogP contribution in [0.15, 0.2) is 54.6 Å². The van der Waals surface area contributed by atoms with Gasteiger partial charge in [-0.05, 0) is 78.9 Å². The van der Waals surface area contributed by atoms with Crippen LogP contribution in [0.4, 0.5) is 0 Å². The number of hydrogen-bond donors (Lipinski definition) is 6. The van der Waals surface area contributed by atoms with Crippen molar-refractivity contribution >= 4 is 28.3 Å². The minimum absolute atomic E-state index is 0.0348. The minimum atomic E-state index is -1.68. The Balaban J connectivity index is 1.46. The average Bonchev–Trinajstić information content (AvgIpc) is 3.11. The van der Waals surface area contributed by atoms with Crippen molar-refractivity contribution in [3.8, 4) is 28.4 Å². The number of carbonyl (C=O) groups is 3. The second kappa shape index (κ2) is 13.2. The fourth-order valence-corrected chi connectivity index (χ4v) is 7.36. The number of carbonyl (C=O) groups excluding carboxylic acids is 3. The Hall–Kier alpha value is -4.69. The monoisotopic (exact) mass is 683 g/mol. The van der Waals surface area contributed by atoms with E-state index in [1.54, 1.807) is 12.1 Å². The van der Waals surface area contributed by atoms with Gasteiger partial charge in [-0.3, -0.25) is 14.4 Å². The topological polar surface area (TPSA) is 192 Å². The summed E-state index contributed by atoms with van der Waals surface area (Å²) in [7, 11) is 0. The lowest BCUT2D eigenvalue weighted by atomic mass is 9.75. The molecule has 1 aliphatic carbocycles. The van der Waals surface area contributed by atoms with E-state index in [1.165, 1.54) is 26.0 Å². The molecule has 2 fully saturated rings. The van der Waals surface area contributed by atoms with Crippen molar-refractivity contribution in [3.63, 3.8) is 0 Å². The van der Waals surface area contributed by atoms with Crippen molar-refractivity contribution in [2.24, 2.45) is 0 Å². The van der Waals surface area contributed by atoms with Crippen molar-refractivity contribution in [2.75, 3.05) is 13.1 Å². The number of esters is 1. The number of aliphatic hydroxyl groups is 4. The number of ether oxygens (including phenoxy) is 3. The Morgan fingerprint density at radius 3 is 2.28 bits per heavy atom. The highest BCUT2D eigenvalue weighted by molar-refractivity contribution is 6.32. The Morgan fingerprint density at radius 1 is 0.860 bits per heavy atom. The maximum atomic E-state index is 14.8. The van der Waals surface area contributed by atoms with E-state index in [0.29, 0.717) is 31.5 Å². The Bertz CT molecular complexity index is 2040. The molecule has 4 aromatic carbocycles. The first-order chi connectivity index (χ1) is 24.0. The molecule has 0 saturated carbocycles. The lowest BCUT2D eigenvalue weighted by Gasteiger charge is -2.39. The van der Waals surface area contributed by atoms with Crippen LogP contribution in [0.3, 0.4) is 0 Å². The number of benzene rings is 4. The summed E-state index contributed by atoms with van der Waals surface area (Å²) in [5.74, 6) is -2.98. The highest BCUT2D eigenvalue weighted by Gasteiger charge is 2.45. The molecule has 0 unspecified atom stereocenters. The molecule has 4 aromatic rings. The Labute approximate surface area is 286 Å². The normalized spacial score (nSPS) is 23.8. The number of phenolic OH excluding ortho intramolecular Hbond substituents is 1. The van der Waals surface area contributed by atoms with Crippen LogP contribution in [-0.2, 0) is 16.1 Å². The van der Waals surface area contributed by atoms with E-state index >= 15 is 0 Å². The number of piperidine rings is 1. The molecule has 2 saturated heterocycles. The molecule has 0 amide bonds. The summed E-state index contributed by atoms with van der Waals surface area (Å²) in [6.45, 7) is 3.23. The highest BCUT2D eigenvalue weighted by Crippen LogP contribution is 2.49. The number of phenols is 1. The molecule has 5 atom stereocenters. The fraction of sp³-hybridized carbons (Fsp3) is 0.342. The number of aromatic hydroxyl groups is 1. The van der Waals surface area contributed by atoms with E-state index in [4.69, 9.17) is 14.2 Å². The highest BCUT2D eigenvalue weighted by atomic mass is 16.7. The van der Waals surface area contributed by atoms with Crippen LogP contribution in [0.2, 0.25) is 0 Å². The first kappa shape index (κ1) is 33.8. The number of nitrogens with one attached hydrogen (secondary N) is 1. The standard InChI is InChI=1S/C38H37NO11/c1-17-32(42)36(46)37(47)38(48-17)50-26-15-24-30(34(44)28(26)20-9-11-39-12-10-20)35(45)29-23(16-40)14-25(49-18(2)41)27(31(29)33(24)43)22-8-7-19-5-3-4-6-21(19)13-22/h3-8,13-15,17,20,32,36-40,42,44,46-47H,9-12,16H2,1-2H3/t17-,32+,36+,37+,38+/m0/s1. The van der Waals surface area contributed by atoms with Gasteiger partial charge in [0.15, 0.2) is 11.6 Å². The van der Waals surface area contributed by atoms with Crippen LogP contribution in [0.5, 0.6) is 17.2 Å². The third kappa shape index (κ3) is 5.63. The van der Waals surface area contributed by atoms with Gasteiger partial charge >= 0.3 is 5.97 Å². The molecular formula is C38H37NO11. The van der Waals surface area contributed by atoms with Gasteiger partial charge in [-0.1, -0.05) is 36.4 Å². The Kier molecular flexibility index (Phi) is 8.93. The first-order valence-corrected chi connectivity index (χ1v) is 16.5. The molecule has 6 N–H and O–H groups in total. The summed E-state index contributed by atoms with van der Waals surface area (Å²) in [6, 6.07) is 15.6. The van der Waals surface area contributed by atoms with E-state index < -0.39 is 60.6 Å². The minimum Gasteiger partial charge on any atom is -0.507 e. The molecular weight excluding hydrogens is 646 g/mol. The number of aliphatic hydroxyl groups excluding tert-OH is 4. The molecule has 2 heterocycles. The van der Waals surface area contributed by atoms with E-state index in [-0.39, 0.29) is 56.4 Å². The maximum absolute atomic E-state index is 14.8. The van der Waals surface area contributed by atoms with E-state index in [1.807, 2.05) is 30.3 Å². The first-order valence-electron chi connectivity index (χ1n) is 16.5. The third-order valence-electron chi connectivity index (χ3n) is 9.86. The van der Waals surface area contributed by atoms with Gasteiger partial charge < -0.3 is 45.1 Å². The van der Waals surface area contributed by atoms with Crippen molar-refractivity contribution < 1.29 is 54.1 Å². The van der Waals surface area contributed by atoms with Crippen LogP contribution in [0, 0.1) is 0 Å². The van der Waals surface area contributed by atoms with Gasteiger partial charge in [-0.2, -0.15) is 0 Å².